The van der Waals surface area contributed by atoms with Gasteiger partial charge in [-0.05, 0) is 37.5 Å². The van der Waals surface area contributed by atoms with Crippen molar-refractivity contribution in [1.82, 2.24) is 0 Å². The zero-order valence-corrected chi connectivity index (χ0v) is 12.6. The Morgan fingerprint density at radius 2 is 0.818 bits per heavy atom. The summed E-state index contributed by atoms with van der Waals surface area (Å²) >= 11 is 0. The molecule has 22 heavy (non-hydrogen) atoms. The van der Waals surface area contributed by atoms with Crippen LogP contribution in [-0.4, -0.2) is 12.4 Å². The van der Waals surface area contributed by atoms with E-state index in [9.17, 15) is 26.3 Å². The molecule has 2 aliphatic rings. The molecule has 0 aromatic heterocycles. The Bertz CT molecular complexity index is 314. The molecule has 0 nitrogen and oxygen atoms in total. The van der Waals surface area contributed by atoms with Crippen LogP contribution in [0, 0.1) is 23.7 Å². The van der Waals surface area contributed by atoms with Crippen LogP contribution in [0.2, 0.25) is 0 Å². The van der Waals surface area contributed by atoms with Crippen molar-refractivity contribution in [3.8, 4) is 0 Å². The Balaban J connectivity index is 2.09. The third-order valence-electron chi connectivity index (χ3n) is 5.59. The Kier molecular flexibility index (Phi) is 5.70. The van der Waals surface area contributed by atoms with E-state index in [1.54, 1.807) is 0 Å². The van der Waals surface area contributed by atoms with Crippen LogP contribution in [-0.2, 0) is 0 Å². The summed E-state index contributed by atoms with van der Waals surface area (Å²) in [5, 5.41) is 0. The summed E-state index contributed by atoms with van der Waals surface area (Å²) in [7, 11) is 0. The number of hydrogen-bond acceptors (Lipinski definition) is 0. The minimum absolute atomic E-state index is 0.0373. The molecule has 2 aliphatic carbocycles. The molecular weight excluding hydrogens is 306 g/mol. The second-order valence-corrected chi connectivity index (χ2v) is 6.96. The van der Waals surface area contributed by atoms with E-state index in [1.807, 2.05) is 0 Å². The first-order valence-electron chi connectivity index (χ1n) is 8.33. The molecule has 2 fully saturated rings. The summed E-state index contributed by atoms with van der Waals surface area (Å²) in [5.74, 6) is -4.08. The van der Waals surface area contributed by atoms with Crippen molar-refractivity contribution in [3.63, 3.8) is 0 Å². The topological polar surface area (TPSA) is 0 Å². The number of rotatable bonds is 1. The fourth-order valence-electron chi connectivity index (χ4n) is 4.37. The van der Waals surface area contributed by atoms with Crippen molar-refractivity contribution < 1.29 is 26.3 Å². The van der Waals surface area contributed by atoms with Crippen LogP contribution < -0.4 is 0 Å². The largest absolute Gasteiger partial charge is 0.392 e. The Labute approximate surface area is 127 Å². The third-order valence-corrected chi connectivity index (χ3v) is 5.59. The molecule has 0 amide bonds. The quantitative estimate of drug-likeness (QED) is 0.380. The van der Waals surface area contributed by atoms with E-state index in [2.05, 4.69) is 0 Å². The van der Waals surface area contributed by atoms with E-state index in [0.29, 0.717) is 18.8 Å². The summed E-state index contributed by atoms with van der Waals surface area (Å²) < 4.78 is 78.2. The highest BCUT2D eigenvalue weighted by atomic mass is 19.4. The number of hydrogen-bond donors (Lipinski definition) is 0. The average molecular weight is 330 g/mol. The molecule has 2 rings (SSSR count). The van der Waals surface area contributed by atoms with Crippen LogP contribution in [0.25, 0.3) is 0 Å². The summed E-state index contributed by atoms with van der Waals surface area (Å²) in [5.41, 5.74) is 0. The maximum atomic E-state index is 13.0. The highest BCUT2D eigenvalue weighted by molar-refractivity contribution is 4.87. The molecule has 0 N–H and O–H groups in total. The van der Waals surface area contributed by atoms with E-state index in [1.165, 1.54) is 0 Å². The third kappa shape index (κ3) is 4.54. The predicted octanol–water partition coefficient (Wildman–Crippen LogP) is 6.50. The lowest BCUT2D eigenvalue weighted by atomic mass is 9.81. The van der Waals surface area contributed by atoms with Gasteiger partial charge >= 0.3 is 12.4 Å². The molecule has 0 radical (unpaired) electrons. The lowest BCUT2D eigenvalue weighted by molar-refractivity contribution is -0.254. The Morgan fingerprint density at radius 1 is 0.455 bits per heavy atom. The van der Waals surface area contributed by atoms with Crippen LogP contribution in [0.5, 0.6) is 0 Å². The summed E-state index contributed by atoms with van der Waals surface area (Å²) in [6, 6.07) is 0. The highest BCUT2D eigenvalue weighted by Gasteiger charge is 2.55. The van der Waals surface area contributed by atoms with Gasteiger partial charge in [0.1, 0.15) is 0 Å². The first kappa shape index (κ1) is 17.9. The Hall–Kier alpha value is -0.420. The van der Waals surface area contributed by atoms with Crippen molar-refractivity contribution in [1.29, 1.82) is 0 Å². The fraction of sp³-hybridized carbons (Fsp3) is 1.00. The van der Waals surface area contributed by atoms with E-state index in [-0.39, 0.29) is 18.8 Å². The SMILES string of the molecule is FC(F)(F)C1CCC(C2CCCCCC2)CCC1C(F)(F)F. The lowest BCUT2D eigenvalue weighted by Gasteiger charge is -2.28. The standard InChI is InChI=1S/C16H24F6/c17-15(18,19)13-9-7-12(8-10-14(13)16(20,21)22)11-5-3-1-2-4-6-11/h11-14H,1-10H2. The smallest absolute Gasteiger partial charge is 0.171 e. The van der Waals surface area contributed by atoms with Crippen LogP contribution in [0.4, 0.5) is 26.3 Å². The average Bonchev–Trinajstić information content (AvgIpc) is 2.77. The second kappa shape index (κ2) is 7.00. The van der Waals surface area contributed by atoms with Crippen molar-refractivity contribution in [3.05, 3.63) is 0 Å². The molecule has 130 valence electrons. The number of alkyl halides is 6. The zero-order chi connectivity index (χ0) is 16.4. The minimum Gasteiger partial charge on any atom is -0.171 e. The molecule has 0 aromatic carbocycles. The van der Waals surface area contributed by atoms with E-state index < -0.39 is 24.2 Å². The second-order valence-electron chi connectivity index (χ2n) is 6.96. The lowest BCUT2D eigenvalue weighted by Crippen LogP contribution is -2.38. The predicted molar refractivity (Wildman–Crippen MR) is 72.2 cm³/mol. The molecule has 0 spiro atoms. The van der Waals surface area contributed by atoms with Gasteiger partial charge in [-0.2, -0.15) is 26.3 Å². The van der Waals surface area contributed by atoms with Crippen LogP contribution in [0.15, 0.2) is 0 Å². The summed E-state index contributed by atoms with van der Waals surface area (Å²) in [6.45, 7) is 0. The van der Waals surface area contributed by atoms with Gasteiger partial charge in [0.2, 0.25) is 0 Å². The minimum atomic E-state index is -4.75. The molecule has 0 heterocycles. The van der Waals surface area contributed by atoms with Gasteiger partial charge in [-0.3, -0.25) is 0 Å². The van der Waals surface area contributed by atoms with Crippen LogP contribution in [0.3, 0.4) is 0 Å². The maximum Gasteiger partial charge on any atom is 0.392 e. The van der Waals surface area contributed by atoms with Gasteiger partial charge in [0.15, 0.2) is 0 Å². The van der Waals surface area contributed by atoms with Gasteiger partial charge < -0.3 is 0 Å². The number of halogens is 6. The fourth-order valence-corrected chi connectivity index (χ4v) is 4.37. The molecule has 0 saturated heterocycles. The molecule has 0 aliphatic heterocycles. The molecule has 2 atom stereocenters. The van der Waals surface area contributed by atoms with Crippen molar-refractivity contribution in [2.45, 2.75) is 76.6 Å². The van der Waals surface area contributed by atoms with Gasteiger partial charge in [-0.1, -0.05) is 38.5 Å². The van der Waals surface area contributed by atoms with Gasteiger partial charge in [0, 0.05) is 0 Å². The van der Waals surface area contributed by atoms with Crippen molar-refractivity contribution in [2.75, 3.05) is 0 Å². The van der Waals surface area contributed by atoms with Gasteiger partial charge in [-0.15, -0.1) is 0 Å². The van der Waals surface area contributed by atoms with Crippen LogP contribution in [0.1, 0.15) is 64.2 Å². The molecule has 2 saturated carbocycles. The first-order valence-corrected chi connectivity index (χ1v) is 8.33. The van der Waals surface area contributed by atoms with Gasteiger partial charge in [0.25, 0.3) is 0 Å². The maximum absolute atomic E-state index is 13.0. The first-order chi connectivity index (χ1) is 10.2. The van der Waals surface area contributed by atoms with Crippen LogP contribution >= 0.6 is 0 Å². The molecule has 0 bridgehead atoms. The summed E-state index contributed by atoms with van der Waals surface area (Å²) in [6.07, 6.45) is -3.31. The van der Waals surface area contributed by atoms with Gasteiger partial charge in [-0.25, -0.2) is 0 Å². The van der Waals surface area contributed by atoms with Gasteiger partial charge in [0.05, 0.1) is 11.8 Å². The normalized spacial score (nSPS) is 33.3. The monoisotopic (exact) mass is 330 g/mol. The zero-order valence-electron chi connectivity index (χ0n) is 12.6. The summed E-state index contributed by atoms with van der Waals surface area (Å²) in [4.78, 5) is 0. The Morgan fingerprint density at radius 3 is 1.18 bits per heavy atom. The molecule has 0 aromatic rings. The van der Waals surface area contributed by atoms with E-state index in [4.69, 9.17) is 0 Å². The molecular formula is C16H24F6. The highest BCUT2D eigenvalue weighted by Crippen LogP contribution is 2.50. The van der Waals surface area contributed by atoms with Crippen molar-refractivity contribution in [2.24, 2.45) is 23.7 Å². The van der Waals surface area contributed by atoms with E-state index >= 15 is 0 Å². The molecule has 6 heteroatoms. The molecule has 2 unspecified atom stereocenters. The van der Waals surface area contributed by atoms with Crippen molar-refractivity contribution >= 4 is 0 Å². The van der Waals surface area contributed by atoms with E-state index in [0.717, 1.165) is 38.5 Å².